The zero-order valence-corrected chi connectivity index (χ0v) is 39.7. The van der Waals surface area contributed by atoms with Crippen LogP contribution in [0.15, 0.2) is 42.5 Å². The molecular weight excluding hydrogens is 870 g/mol. The minimum Gasteiger partial charge on any atom is -0.491 e. The monoisotopic (exact) mass is 927 g/mol. The number of carbonyl (C=O) groups is 1. The van der Waals surface area contributed by atoms with Gasteiger partial charge in [-0.25, -0.2) is 19.2 Å². The molecule has 17 heteroatoms. The molecule has 0 radical (unpaired) electrons. The number of aryl methyl sites for hydroxylation is 1. The third kappa shape index (κ3) is 12.0. The molecule has 0 saturated carbocycles. The zero-order valence-electron chi connectivity index (χ0n) is 38.0. The Kier molecular flexibility index (Phi) is 14.9. The summed E-state index contributed by atoms with van der Waals surface area (Å²) in [6, 6.07) is 12.8. The Hall–Kier alpha value is -4.80. The molecule has 346 valence electrons. The molecule has 5 aromatic rings. The molecule has 0 aliphatic carbocycles. The molecule has 1 N–H and O–H groups in total. The van der Waals surface area contributed by atoms with E-state index >= 15 is 4.39 Å². The summed E-state index contributed by atoms with van der Waals surface area (Å²) < 4.78 is 51.3. The third-order valence-electron chi connectivity index (χ3n) is 11.7. The lowest BCUT2D eigenvalue weighted by Gasteiger charge is -2.38. The van der Waals surface area contributed by atoms with Crippen molar-refractivity contribution in [2.75, 3.05) is 63.3 Å². The molecule has 65 heavy (non-hydrogen) atoms. The van der Waals surface area contributed by atoms with Gasteiger partial charge in [0.1, 0.15) is 0 Å². The molecule has 14 nitrogen and oxygen atoms in total. The predicted molar refractivity (Wildman–Crippen MR) is 250 cm³/mol. The Morgan fingerprint density at radius 3 is 2.43 bits per heavy atom. The summed E-state index contributed by atoms with van der Waals surface area (Å²) in [6.45, 7) is 14.2. The standard InChI is InChI=1S/C48H58FN7O7S2/c1-31-35-13-10-24-56(43(35)54-53-42(31)52-45-50-37-14-7-8-15-39(37)64-45)46-51-41(44(57)58-6)40(65-46)16-11-27-59-38-18-17-32(30-36(38)49)12-9-23-55(25-19-33-21-28-60-47(2,3)62-33)26-20-34-22-29-61-48(4,5)63-34/h7-8,14-15,17-18,30,33-34H,10-11,13,16,19-29H2,1-6H3,(H,50,52,53)/t33-,34-/m0/s1. The largest absolute Gasteiger partial charge is 0.491 e. The van der Waals surface area contributed by atoms with Gasteiger partial charge in [0.05, 0.1) is 55.9 Å². The van der Waals surface area contributed by atoms with Crippen molar-refractivity contribution in [1.82, 2.24) is 25.1 Å². The van der Waals surface area contributed by atoms with E-state index in [4.69, 9.17) is 38.4 Å². The first-order chi connectivity index (χ1) is 31.3. The number of hydrogen-bond donors (Lipinski definition) is 1. The second kappa shape index (κ2) is 20.8. The summed E-state index contributed by atoms with van der Waals surface area (Å²) in [5.74, 6) is 5.78. The van der Waals surface area contributed by atoms with Crippen LogP contribution in [0.25, 0.3) is 10.2 Å². The van der Waals surface area contributed by atoms with Gasteiger partial charge in [0.2, 0.25) is 0 Å². The molecule has 0 amide bonds. The molecule has 0 bridgehead atoms. The molecule has 8 rings (SSSR count). The minimum atomic E-state index is -0.587. The molecule has 3 aliphatic heterocycles. The second-order valence-electron chi connectivity index (χ2n) is 17.4. The average Bonchev–Trinajstić information content (AvgIpc) is 3.90. The number of thiazole rings is 2. The van der Waals surface area contributed by atoms with Crippen molar-refractivity contribution in [1.29, 1.82) is 0 Å². The van der Waals surface area contributed by atoms with E-state index in [1.54, 1.807) is 23.5 Å². The van der Waals surface area contributed by atoms with E-state index in [0.29, 0.717) is 55.7 Å². The smallest absolute Gasteiger partial charge is 0.357 e. The fourth-order valence-electron chi connectivity index (χ4n) is 8.35. The summed E-state index contributed by atoms with van der Waals surface area (Å²) in [5, 5.41) is 14.0. The number of benzene rings is 2. The topological polar surface area (TPSA) is 143 Å². The number of anilines is 4. The zero-order chi connectivity index (χ0) is 45.6. The maximum Gasteiger partial charge on any atom is 0.357 e. The highest BCUT2D eigenvalue weighted by atomic mass is 32.1. The van der Waals surface area contributed by atoms with Gasteiger partial charge in [-0.2, -0.15) is 0 Å². The molecule has 2 aromatic carbocycles. The van der Waals surface area contributed by atoms with Gasteiger partial charge in [-0.3, -0.25) is 4.90 Å². The first-order valence-electron chi connectivity index (χ1n) is 22.4. The van der Waals surface area contributed by atoms with Crippen LogP contribution in [0.2, 0.25) is 0 Å². The first kappa shape index (κ1) is 46.7. The van der Waals surface area contributed by atoms with Crippen LogP contribution in [0.1, 0.15) is 98.3 Å². The van der Waals surface area contributed by atoms with Crippen LogP contribution in [0, 0.1) is 24.6 Å². The highest BCUT2D eigenvalue weighted by Gasteiger charge is 2.32. The summed E-state index contributed by atoms with van der Waals surface area (Å²) in [7, 11) is 1.35. The van der Waals surface area contributed by atoms with Crippen molar-refractivity contribution >= 4 is 60.8 Å². The molecule has 3 aliphatic rings. The van der Waals surface area contributed by atoms with Crippen molar-refractivity contribution in [2.45, 2.75) is 110 Å². The number of methoxy groups -OCH3 is 1. The molecule has 6 heterocycles. The number of rotatable bonds is 16. The van der Waals surface area contributed by atoms with Crippen LogP contribution in [0.4, 0.5) is 26.3 Å². The number of fused-ring (bicyclic) bond motifs is 2. The summed E-state index contributed by atoms with van der Waals surface area (Å²) in [6.07, 6.45) is 6.35. The molecule has 0 spiro atoms. The van der Waals surface area contributed by atoms with Crippen LogP contribution in [-0.4, -0.2) is 108 Å². The Balaban J connectivity index is 0.868. The van der Waals surface area contributed by atoms with E-state index in [1.807, 2.05) is 63.8 Å². The quantitative estimate of drug-likeness (QED) is 0.0571. The highest BCUT2D eigenvalue weighted by molar-refractivity contribution is 7.22. The predicted octanol–water partition coefficient (Wildman–Crippen LogP) is 9.13. The maximum absolute atomic E-state index is 15.4. The highest BCUT2D eigenvalue weighted by Crippen LogP contribution is 2.39. The fourth-order valence-corrected chi connectivity index (χ4v) is 10.3. The van der Waals surface area contributed by atoms with Crippen LogP contribution in [-0.2, 0) is 36.5 Å². The Labute approximate surface area is 388 Å². The molecule has 2 saturated heterocycles. The number of esters is 1. The van der Waals surface area contributed by atoms with Gasteiger partial charge in [0.25, 0.3) is 0 Å². The molecule has 3 aromatic heterocycles. The Morgan fingerprint density at radius 2 is 1.74 bits per heavy atom. The van der Waals surface area contributed by atoms with E-state index < -0.39 is 23.4 Å². The van der Waals surface area contributed by atoms with Crippen LogP contribution in [0.3, 0.4) is 0 Å². The number of aromatic nitrogens is 4. The van der Waals surface area contributed by atoms with Gasteiger partial charge in [-0.1, -0.05) is 35.3 Å². The maximum atomic E-state index is 15.4. The number of halogens is 1. The first-order valence-corrected chi connectivity index (χ1v) is 24.1. The molecule has 2 fully saturated rings. The molecule has 0 unspecified atom stereocenters. The number of hydrogen-bond acceptors (Lipinski definition) is 16. The van der Waals surface area contributed by atoms with Gasteiger partial charge in [-0.05, 0) is 116 Å². The summed E-state index contributed by atoms with van der Waals surface area (Å²) in [5.41, 5.74) is 3.82. The third-order valence-corrected chi connectivity index (χ3v) is 13.8. The lowest BCUT2D eigenvalue weighted by atomic mass is 10.0. The Morgan fingerprint density at radius 1 is 1.00 bits per heavy atom. The van der Waals surface area contributed by atoms with E-state index in [1.165, 1.54) is 24.5 Å². The van der Waals surface area contributed by atoms with Gasteiger partial charge in [0.15, 0.2) is 50.7 Å². The summed E-state index contributed by atoms with van der Waals surface area (Å²) >= 11 is 2.99. The minimum absolute atomic E-state index is 0.107. The number of nitrogens with one attached hydrogen (secondary N) is 1. The van der Waals surface area contributed by atoms with Gasteiger partial charge in [0, 0.05) is 41.2 Å². The number of para-hydroxylation sites is 1. The SMILES string of the molecule is COC(=O)c1nc(N2CCCc3c2nnc(Nc2nc4ccccc4s2)c3C)sc1CCCOc1ccc(C#CCN(CC[C@H]2CCOC(C)(C)O2)CC[C@H]2CCOC(C)(C)O2)cc1F. The normalized spacial score (nSPS) is 19.1. The van der Waals surface area contributed by atoms with E-state index in [-0.39, 0.29) is 30.3 Å². The van der Waals surface area contributed by atoms with Crippen molar-refractivity contribution in [3.8, 4) is 17.6 Å². The van der Waals surface area contributed by atoms with Crippen molar-refractivity contribution < 1.29 is 37.6 Å². The van der Waals surface area contributed by atoms with Crippen molar-refractivity contribution in [3.05, 3.63) is 75.5 Å². The number of nitrogens with zero attached hydrogens (tertiary/aromatic N) is 6. The second-order valence-corrected chi connectivity index (χ2v) is 19.5. The van der Waals surface area contributed by atoms with Crippen LogP contribution >= 0.6 is 22.7 Å². The summed E-state index contributed by atoms with van der Waals surface area (Å²) in [4.78, 5) is 27.5. The number of ether oxygens (including phenoxy) is 6. The van der Waals surface area contributed by atoms with Crippen molar-refractivity contribution in [2.24, 2.45) is 0 Å². The van der Waals surface area contributed by atoms with Crippen LogP contribution in [0.5, 0.6) is 5.75 Å². The Bertz CT molecular complexity index is 2450. The lowest BCUT2D eigenvalue weighted by Crippen LogP contribution is -2.42. The van der Waals surface area contributed by atoms with Crippen LogP contribution < -0.4 is 15.0 Å². The van der Waals surface area contributed by atoms with Gasteiger partial charge in [-0.15, -0.1) is 21.5 Å². The molecular formula is C48H58FN7O7S2. The van der Waals surface area contributed by atoms with Gasteiger partial charge >= 0.3 is 5.97 Å². The average molecular weight is 928 g/mol. The number of carbonyl (C=O) groups excluding carboxylic acids is 1. The van der Waals surface area contributed by atoms with Crippen molar-refractivity contribution in [3.63, 3.8) is 0 Å². The fraction of sp³-hybridized carbons (Fsp3) is 0.521. The lowest BCUT2D eigenvalue weighted by molar-refractivity contribution is -0.275. The van der Waals surface area contributed by atoms with E-state index in [2.05, 4.69) is 32.3 Å². The van der Waals surface area contributed by atoms with E-state index in [0.717, 1.165) is 88.8 Å². The molecule has 2 atom stereocenters. The van der Waals surface area contributed by atoms with E-state index in [9.17, 15) is 4.79 Å². The van der Waals surface area contributed by atoms with Gasteiger partial charge < -0.3 is 38.6 Å².